The highest BCUT2D eigenvalue weighted by atomic mass is 35.5. The van der Waals surface area contributed by atoms with Crippen molar-refractivity contribution in [2.24, 2.45) is 0 Å². The number of halogens is 3. The van der Waals surface area contributed by atoms with Crippen LogP contribution in [0.5, 0.6) is 0 Å². The van der Waals surface area contributed by atoms with E-state index in [-0.39, 0.29) is 5.41 Å². The molecule has 0 atom stereocenters. The Morgan fingerprint density at radius 1 is 0.919 bits per heavy atom. The molecule has 3 aromatic carbocycles. The Balaban J connectivity index is 1.52. The Hall–Kier alpha value is -2.70. The summed E-state index contributed by atoms with van der Waals surface area (Å²) in [6, 6.07) is 21.8. The molecule has 1 aliphatic rings. The number of hydrogen-bond donors (Lipinski definition) is 0. The predicted molar refractivity (Wildman–Crippen MR) is 154 cm³/mol. The van der Waals surface area contributed by atoms with E-state index in [2.05, 4.69) is 43.2 Å². The van der Waals surface area contributed by atoms with Crippen molar-refractivity contribution in [3.63, 3.8) is 0 Å². The molecule has 5 aromatic rings. The van der Waals surface area contributed by atoms with Gasteiger partial charge in [0.15, 0.2) is 5.01 Å². The number of hydrogen-bond acceptors (Lipinski definition) is 4. The maximum absolute atomic E-state index is 6.66. The summed E-state index contributed by atoms with van der Waals surface area (Å²) < 4.78 is 1.89. The van der Waals surface area contributed by atoms with Crippen molar-refractivity contribution in [2.75, 3.05) is 0 Å². The zero-order valence-electron chi connectivity index (χ0n) is 20.3. The first kappa shape index (κ1) is 24.6. The molecule has 0 bridgehead atoms. The smallest absolute Gasteiger partial charge is 0.168 e. The summed E-state index contributed by atoms with van der Waals surface area (Å²) in [5.41, 5.74) is 7.19. The molecule has 0 radical (unpaired) electrons. The number of benzene rings is 3. The van der Waals surface area contributed by atoms with E-state index in [4.69, 9.17) is 45.0 Å². The molecule has 186 valence electrons. The van der Waals surface area contributed by atoms with Crippen LogP contribution in [0, 0.1) is 6.92 Å². The Kier molecular flexibility index (Phi) is 6.36. The summed E-state index contributed by atoms with van der Waals surface area (Å²) in [6.07, 6.45) is 2.92. The summed E-state index contributed by atoms with van der Waals surface area (Å²) in [5, 5.41) is 18.1. The molecule has 4 nitrogen and oxygen atoms in total. The highest BCUT2D eigenvalue weighted by Gasteiger charge is 2.49. The molecule has 37 heavy (non-hydrogen) atoms. The van der Waals surface area contributed by atoms with Crippen molar-refractivity contribution in [3.05, 3.63) is 103 Å². The molecule has 2 heterocycles. The number of aryl methyl sites for hydroxylation is 1. The minimum atomic E-state index is -0.0469. The van der Waals surface area contributed by atoms with Crippen LogP contribution in [-0.4, -0.2) is 20.0 Å². The highest BCUT2D eigenvalue weighted by molar-refractivity contribution is 7.14. The third kappa shape index (κ3) is 4.28. The predicted octanol–water partition coefficient (Wildman–Crippen LogP) is 8.97. The molecule has 0 N–H and O–H groups in total. The molecule has 1 saturated carbocycles. The quantitative estimate of drug-likeness (QED) is 0.206. The molecular weight excluding hydrogens is 543 g/mol. The Morgan fingerprint density at radius 2 is 1.65 bits per heavy atom. The average molecular weight is 566 g/mol. The van der Waals surface area contributed by atoms with Gasteiger partial charge < -0.3 is 0 Å². The van der Waals surface area contributed by atoms with Gasteiger partial charge in [-0.1, -0.05) is 89.5 Å². The first-order valence-corrected chi connectivity index (χ1v) is 14.1. The van der Waals surface area contributed by atoms with E-state index >= 15 is 0 Å². The Bertz CT molecular complexity index is 1620. The molecule has 1 fully saturated rings. The third-order valence-electron chi connectivity index (χ3n) is 7.04. The first-order chi connectivity index (χ1) is 17.9. The van der Waals surface area contributed by atoms with Crippen LogP contribution in [0.2, 0.25) is 15.1 Å². The van der Waals surface area contributed by atoms with Gasteiger partial charge in [-0.15, -0.1) is 10.2 Å². The van der Waals surface area contributed by atoms with Gasteiger partial charge in [-0.2, -0.15) is 5.10 Å². The van der Waals surface area contributed by atoms with Crippen LogP contribution in [0.25, 0.3) is 27.6 Å². The second-order valence-electron chi connectivity index (χ2n) is 9.35. The summed E-state index contributed by atoms with van der Waals surface area (Å²) >= 11 is 20.7. The minimum Gasteiger partial charge on any atom is -0.231 e. The van der Waals surface area contributed by atoms with E-state index in [9.17, 15) is 0 Å². The van der Waals surface area contributed by atoms with Gasteiger partial charge >= 0.3 is 0 Å². The lowest BCUT2D eigenvalue weighted by Gasteiger charge is -2.14. The Labute approximate surface area is 234 Å². The SMILES string of the molecule is CCc1c(-c2nnc(C3(c4ccccc4C)CC3)s2)nn(-c2ccc(Cl)cc2Cl)c1-c1ccc(Cl)cc1. The fraction of sp³-hybridized carbons (Fsp3) is 0.207. The fourth-order valence-corrected chi connectivity index (χ4v) is 6.77. The van der Waals surface area contributed by atoms with Crippen LogP contribution in [0.4, 0.5) is 0 Å². The van der Waals surface area contributed by atoms with Crippen molar-refractivity contribution in [3.8, 4) is 27.6 Å². The van der Waals surface area contributed by atoms with Crippen molar-refractivity contribution in [1.82, 2.24) is 20.0 Å². The van der Waals surface area contributed by atoms with Crippen LogP contribution >= 0.6 is 46.1 Å². The van der Waals surface area contributed by atoms with Gasteiger partial charge in [0, 0.05) is 26.6 Å². The highest BCUT2D eigenvalue weighted by Crippen LogP contribution is 2.55. The molecule has 0 unspecified atom stereocenters. The lowest BCUT2D eigenvalue weighted by atomic mass is 9.93. The normalized spacial score (nSPS) is 14.2. The number of nitrogens with zero attached hydrogens (tertiary/aromatic N) is 4. The van der Waals surface area contributed by atoms with Crippen molar-refractivity contribution < 1.29 is 0 Å². The molecule has 2 aromatic heterocycles. The second kappa shape index (κ2) is 9.55. The maximum atomic E-state index is 6.66. The van der Waals surface area contributed by atoms with Crippen molar-refractivity contribution in [1.29, 1.82) is 0 Å². The van der Waals surface area contributed by atoms with E-state index in [1.807, 2.05) is 41.1 Å². The summed E-state index contributed by atoms with van der Waals surface area (Å²) in [5.74, 6) is 0. The second-order valence-corrected chi connectivity index (χ2v) is 11.6. The molecule has 6 rings (SSSR count). The minimum absolute atomic E-state index is 0.0469. The molecular formula is C29H23Cl3N4S. The van der Waals surface area contributed by atoms with Crippen LogP contribution in [0.1, 0.15) is 41.5 Å². The Morgan fingerprint density at radius 3 is 2.32 bits per heavy atom. The first-order valence-electron chi connectivity index (χ1n) is 12.1. The maximum Gasteiger partial charge on any atom is 0.168 e. The van der Waals surface area contributed by atoms with Gasteiger partial charge in [-0.25, -0.2) is 4.68 Å². The lowest BCUT2D eigenvalue weighted by Crippen LogP contribution is -2.10. The standard InChI is InChI=1S/C29H23Cl3N4S/c1-3-21-25(27-33-34-28(37-27)29(14-15-29)22-7-5-4-6-17(22)2)35-36(24-13-12-20(31)16-23(24)32)26(21)18-8-10-19(30)11-9-18/h4-13,16H,3,14-15H2,1-2H3. The lowest BCUT2D eigenvalue weighted by molar-refractivity contribution is 0.799. The molecule has 0 spiro atoms. The average Bonchev–Trinajstić information content (AvgIpc) is 3.37. The zero-order chi connectivity index (χ0) is 25.7. The summed E-state index contributed by atoms with van der Waals surface area (Å²) in [7, 11) is 0. The molecule has 0 amide bonds. The molecule has 0 aliphatic heterocycles. The third-order valence-corrected chi connectivity index (χ3v) is 8.96. The monoisotopic (exact) mass is 564 g/mol. The fourth-order valence-electron chi connectivity index (χ4n) is 5.03. The van der Waals surface area contributed by atoms with Crippen LogP contribution in [-0.2, 0) is 11.8 Å². The van der Waals surface area contributed by atoms with Crippen LogP contribution in [0.3, 0.4) is 0 Å². The van der Waals surface area contributed by atoms with Gasteiger partial charge in [-0.05, 0) is 67.6 Å². The van der Waals surface area contributed by atoms with Gasteiger partial charge in [0.05, 0.1) is 16.4 Å². The largest absolute Gasteiger partial charge is 0.231 e. The number of aromatic nitrogens is 4. The van der Waals surface area contributed by atoms with Crippen molar-refractivity contribution >= 4 is 46.1 Å². The van der Waals surface area contributed by atoms with E-state index in [1.165, 1.54) is 11.1 Å². The molecule has 1 aliphatic carbocycles. The van der Waals surface area contributed by atoms with Gasteiger partial charge in [0.2, 0.25) is 0 Å². The van der Waals surface area contributed by atoms with Gasteiger partial charge in [0.25, 0.3) is 0 Å². The van der Waals surface area contributed by atoms with E-state index in [0.29, 0.717) is 15.1 Å². The van der Waals surface area contributed by atoms with Crippen molar-refractivity contribution in [2.45, 2.75) is 38.5 Å². The summed E-state index contributed by atoms with van der Waals surface area (Å²) in [4.78, 5) is 0. The number of rotatable bonds is 6. The summed E-state index contributed by atoms with van der Waals surface area (Å²) in [6.45, 7) is 4.30. The van der Waals surface area contributed by atoms with E-state index in [1.54, 1.807) is 17.4 Å². The molecule has 8 heteroatoms. The zero-order valence-corrected chi connectivity index (χ0v) is 23.4. The van der Waals surface area contributed by atoms with Crippen LogP contribution < -0.4 is 0 Å². The van der Waals surface area contributed by atoms with Crippen LogP contribution in [0.15, 0.2) is 66.7 Å². The topological polar surface area (TPSA) is 43.6 Å². The van der Waals surface area contributed by atoms with E-state index < -0.39 is 0 Å². The van der Waals surface area contributed by atoms with E-state index in [0.717, 1.165) is 57.5 Å². The van der Waals surface area contributed by atoms with Gasteiger partial charge in [0.1, 0.15) is 10.7 Å². The molecule has 0 saturated heterocycles. The van der Waals surface area contributed by atoms with Gasteiger partial charge in [-0.3, -0.25) is 0 Å².